The Bertz CT molecular complexity index is 895. The molecular weight excluding hydrogens is 312 g/mol. The van der Waals surface area contributed by atoms with Crippen LogP contribution in [0.1, 0.15) is 6.92 Å². The zero-order chi connectivity index (χ0) is 17.9. The molecule has 0 fully saturated rings. The highest BCUT2D eigenvalue weighted by Crippen LogP contribution is 2.07. The first-order chi connectivity index (χ1) is 11.4. The molecule has 0 atom stereocenters. The Balaban J connectivity index is 2.38. The number of rotatable bonds is 5. The van der Waals surface area contributed by atoms with Crippen molar-refractivity contribution in [3.63, 3.8) is 0 Å². The van der Waals surface area contributed by atoms with Crippen LogP contribution in [0.3, 0.4) is 0 Å². The molecule has 8 nitrogen and oxygen atoms in total. The lowest BCUT2D eigenvalue weighted by atomic mass is 10.2. The van der Waals surface area contributed by atoms with Gasteiger partial charge in [0.05, 0.1) is 17.4 Å². The van der Waals surface area contributed by atoms with Gasteiger partial charge in [-0.15, -0.1) is 0 Å². The molecule has 0 unspecified atom stereocenters. The maximum Gasteiger partial charge on any atom is 0.331 e. The predicted molar refractivity (Wildman–Crippen MR) is 89.8 cm³/mol. The van der Waals surface area contributed by atoms with E-state index in [0.717, 1.165) is 4.57 Å². The molecule has 0 radical (unpaired) electrons. The number of hydrogen-bond donors (Lipinski definition) is 1. The second-order valence-electron chi connectivity index (χ2n) is 5.50. The monoisotopic (exact) mass is 332 g/mol. The van der Waals surface area contributed by atoms with Crippen molar-refractivity contribution in [2.75, 3.05) is 20.6 Å². The van der Waals surface area contributed by atoms with Crippen molar-refractivity contribution < 1.29 is 9.59 Å². The third-order valence-electron chi connectivity index (χ3n) is 3.69. The molecule has 2 amide bonds. The average molecular weight is 332 g/mol. The van der Waals surface area contributed by atoms with Gasteiger partial charge in [0.15, 0.2) is 0 Å². The number of hydrogen-bond acceptors (Lipinski definition) is 4. The molecule has 0 saturated carbocycles. The molecule has 1 aromatic carbocycles. The van der Waals surface area contributed by atoms with Crippen LogP contribution in [0, 0.1) is 0 Å². The van der Waals surface area contributed by atoms with Crippen LogP contribution in [-0.2, 0) is 22.7 Å². The molecule has 8 heteroatoms. The van der Waals surface area contributed by atoms with Gasteiger partial charge < -0.3 is 10.2 Å². The van der Waals surface area contributed by atoms with Gasteiger partial charge in [-0.2, -0.15) is 0 Å². The number of amides is 2. The van der Waals surface area contributed by atoms with E-state index in [4.69, 9.17) is 0 Å². The number of nitrogens with zero attached hydrogens (tertiary/aromatic N) is 3. The van der Waals surface area contributed by atoms with E-state index in [1.165, 1.54) is 9.47 Å². The Hall–Kier alpha value is -2.90. The number of likely N-dealkylation sites (N-methyl/N-ethyl adjacent to an activating group) is 1. The molecule has 0 aliphatic carbocycles. The minimum atomic E-state index is -0.546. The first-order valence-electron chi connectivity index (χ1n) is 7.56. The first kappa shape index (κ1) is 17.5. The number of carbonyl (C=O) groups is 2. The summed E-state index contributed by atoms with van der Waals surface area (Å²) < 4.78 is 2.33. The summed E-state index contributed by atoms with van der Waals surface area (Å²) >= 11 is 0. The highest BCUT2D eigenvalue weighted by atomic mass is 16.2. The molecule has 1 heterocycles. The normalized spacial score (nSPS) is 10.6. The number of aromatic nitrogens is 2. The van der Waals surface area contributed by atoms with Gasteiger partial charge in [-0.25, -0.2) is 4.79 Å². The van der Waals surface area contributed by atoms with E-state index in [1.54, 1.807) is 45.3 Å². The lowest BCUT2D eigenvalue weighted by Crippen LogP contribution is -2.43. The van der Waals surface area contributed by atoms with E-state index in [2.05, 4.69) is 5.32 Å². The van der Waals surface area contributed by atoms with Gasteiger partial charge in [-0.05, 0) is 19.1 Å². The Labute approximate surface area is 138 Å². The van der Waals surface area contributed by atoms with Gasteiger partial charge in [0, 0.05) is 20.6 Å². The molecule has 2 aromatic rings. The van der Waals surface area contributed by atoms with E-state index < -0.39 is 11.6 Å². The quantitative estimate of drug-likeness (QED) is 0.790. The Kier molecular flexibility index (Phi) is 5.18. The Morgan fingerprint density at radius 1 is 1.12 bits per heavy atom. The third-order valence-corrected chi connectivity index (χ3v) is 3.69. The summed E-state index contributed by atoms with van der Waals surface area (Å²) in [6.45, 7) is 1.49. The van der Waals surface area contributed by atoms with Crippen LogP contribution < -0.4 is 16.6 Å². The lowest BCUT2D eigenvalue weighted by molar-refractivity contribution is -0.131. The SMILES string of the molecule is CCn1c(=O)c2ccccc2n(CC(=O)NCC(=O)N(C)C)c1=O. The Morgan fingerprint density at radius 3 is 2.42 bits per heavy atom. The first-order valence-corrected chi connectivity index (χ1v) is 7.56. The molecule has 1 aromatic heterocycles. The molecule has 0 saturated heterocycles. The maximum absolute atomic E-state index is 12.5. The van der Waals surface area contributed by atoms with Gasteiger partial charge in [-0.3, -0.25) is 23.5 Å². The zero-order valence-electron chi connectivity index (χ0n) is 13.9. The highest BCUT2D eigenvalue weighted by Gasteiger charge is 2.15. The fourth-order valence-corrected chi connectivity index (χ4v) is 2.33. The fraction of sp³-hybridized carbons (Fsp3) is 0.375. The van der Waals surface area contributed by atoms with Crippen molar-refractivity contribution in [2.45, 2.75) is 20.0 Å². The number of carbonyl (C=O) groups excluding carboxylic acids is 2. The largest absolute Gasteiger partial charge is 0.347 e. The van der Waals surface area contributed by atoms with E-state index >= 15 is 0 Å². The van der Waals surface area contributed by atoms with Gasteiger partial charge in [0.2, 0.25) is 11.8 Å². The van der Waals surface area contributed by atoms with Crippen molar-refractivity contribution in [3.05, 3.63) is 45.1 Å². The summed E-state index contributed by atoms with van der Waals surface area (Å²) in [5.74, 6) is -0.724. The van der Waals surface area contributed by atoms with Crippen LogP contribution in [0.5, 0.6) is 0 Å². The summed E-state index contributed by atoms with van der Waals surface area (Å²) in [5, 5.41) is 2.85. The van der Waals surface area contributed by atoms with Crippen molar-refractivity contribution in [1.29, 1.82) is 0 Å². The van der Waals surface area contributed by atoms with E-state index in [0.29, 0.717) is 10.9 Å². The summed E-state index contributed by atoms with van der Waals surface area (Å²) in [6, 6.07) is 6.64. The smallest absolute Gasteiger partial charge is 0.331 e. The van der Waals surface area contributed by atoms with Crippen LogP contribution >= 0.6 is 0 Å². The summed E-state index contributed by atoms with van der Waals surface area (Å²) in [7, 11) is 3.17. The van der Waals surface area contributed by atoms with Gasteiger partial charge in [-0.1, -0.05) is 12.1 Å². The third kappa shape index (κ3) is 3.37. The van der Waals surface area contributed by atoms with Crippen molar-refractivity contribution in [1.82, 2.24) is 19.4 Å². The molecule has 0 spiro atoms. The summed E-state index contributed by atoms with van der Waals surface area (Å²) in [6.07, 6.45) is 0. The number of fused-ring (bicyclic) bond motifs is 1. The summed E-state index contributed by atoms with van der Waals surface area (Å²) in [5.41, 5.74) is -0.529. The standard InChI is InChI=1S/C16H20N4O4/c1-4-19-15(23)11-7-5-6-8-12(11)20(16(19)24)10-13(21)17-9-14(22)18(2)3/h5-8H,4,9-10H2,1-3H3,(H,17,21). The second-order valence-corrected chi connectivity index (χ2v) is 5.50. The van der Waals surface area contributed by atoms with Crippen LogP contribution in [-0.4, -0.2) is 46.5 Å². The van der Waals surface area contributed by atoms with Crippen molar-refractivity contribution >= 4 is 22.7 Å². The predicted octanol–water partition coefficient (Wildman–Crippen LogP) is -0.612. The molecule has 2 rings (SSSR count). The van der Waals surface area contributed by atoms with Crippen LogP contribution in [0.15, 0.2) is 33.9 Å². The summed E-state index contributed by atoms with van der Waals surface area (Å²) in [4.78, 5) is 49.8. The van der Waals surface area contributed by atoms with Gasteiger partial charge in [0.25, 0.3) is 5.56 Å². The van der Waals surface area contributed by atoms with E-state index in [9.17, 15) is 19.2 Å². The molecule has 128 valence electrons. The number of nitrogens with one attached hydrogen (secondary N) is 1. The molecule has 24 heavy (non-hydrogen) atoms. The molecule has 0 bridgehead atoms. The molecule has 0 aliphatic rings. The maximum atomic E-state index is 12.5. The van der Waals surface area contributed by atoms with E-state index in [1.807, 2.05) is 0 Å². The average Bonchev–Trinajstić information content (AvgIpc) is 2.56. The molecule has 0 aliphatic heterocycles. The topological polar surface area (TPSA) is 93.4 Å². The van der Waals surface area contributed by atoms with Gasteiger partial charge in [0.1, 0.15) is 6.54 Å². The molecule has 1 N–H and O–H groups in total. The van der Waals surface area contributed by atoms with E-state index in [-0.39, 0.29) is 31.1 Å². The lowest BCUT2D eigenvalue weighted by Gasteiger charge is -2.14. The Morgan fingerprint density at radius 2 is 1.79 bits per heavy atom. The van der Waals surface area contributed by atoms with Crippen LogP contribution in [0.25, 0.3) is 10.9 Å². The number of benzene rings is 1. The zero-order valence-corrected chi connectivity index (χ0v) is 13.9. The fourth-order valence-electron chi connectivity index (χ4n) is 2.33. The van der Waals surface area contributed by atoms with Crippen molar-refractivity contribution in [2.24, 2.45) is 0 Å². The van der Waals surface area contributed by atoms with Crippen LogP contribution in [0.2, 0.25) is 0 Å². The van der Waals surface area contributed by atoms with Crippen LogP contribution in [0.4, 0.5) is 0 Å². The van der Waals surface area contributed by atoms with Gasteiger partial charge >= 0.3 is 5.69 Å². The second kappa shape index (κ2) is 7.12. The minimum Gasteiger partial charge on any atom is -0.347 e. The number of para-hydroxylation sites is 1. The highest BCUT2D eigenvalue weighted by molar-refractivity contribution is 5.85. The minimum absolute atomic E-state index is 0.147. The van der Waals surface area contributed by atoms with Crippen molar-refractivity contribution in [3.8, 4) is 0 Å². The molecular formula is C16H20N4O4.